The van der Waals surface area contributed by atoms with E-state index < -0.39 is 0 Å². The van der Waals surface area contributed by atoms with Crippen molar-refractivity contribution < 1.29 is 14.1 Å². The summed E-state index contributed by atoms with van der Waals surface area (Å²) in [5.41, 5.74) is 3.75. The number of methoxy groups -OCH3 is 1. The first kappa shape index (κ1) is 17.7. The van der Waals surface area contributed by atoms with E-state index in [0.29, 0.717) is 12.8 Å². The maximum Gasteiger partial charge on any atom is 0.220 e. The molecule has 0 saturated heterocycles. The Hall–Kier alpha value is -3.08. The number of hydrogen-bond donors (Lipinski definition) is 1. The molecule has 5 heteroatoms. The van der Waals surface area contributed by atoms with E-state index in [1.54, 1.807) is 13.4 Å². The van der Waals surface area contributed by atoms with Crippen LogP contribution in [0.25, 0.3) is 11.3 Å². The second-order valence-electron chi connectivity index (χ2n) is 6.12. The molecule has 1 N–H and O–H groups in total. The van der Waals surface area contributed by atoms with E-state index in [9.17, 15) is 4.79 Å². The summed E-state index contributed by atoms with van der Waals surface area (Å²) >= 11 is 0. The number of hydrogen-bond acceptors (Lipinski definition) is 4. The van der Waals surface area contributed by atoms with E-state index in [-0.39, 0.29) is 11.9 Å². The van der Waals surface area contributed by atoms with Crippen molar-refractivity contribution in [1.29, 1.82) is 0 Å². The van der Waals surface area contributed by atoms with Gasteiger partial charge >= 0.3 is 0 Å². The zero-order valence-electron chi connectivity index (χ0n) is 14.9. The molecule has 0 aliphatic rings. The van der Waals surface area contributed by atoms with Crippen LogP contribution in [0.1, 0.15) is 30.5 Å². The molecule has 0 unspecified atom stereocenters. The van der Waals surface area contributed by atoms with Crippen molar-refractivity contribution in [1.82, 2.24) is 10.5 Å². The largest absolute Gasteiger partial charge is 0.497 e. The smallest absolute Gasteiger partial charge is 0.220 e. The molecule has 0 fully saturated rings. The standard InChI is InChI=1S/C21H22N2O3/c1-15(16-8-11-19(25-2)12-9-16)22-20(24)13-10-18-14-26-23-21(18)17-6-4-3-5-7-17/h3-9,11-12,14-15H,10,13H2,1-2H3,(H,22,24)/t15-/m0/s1. The molecule has 26 heavy (non-hydrogen) atoms. The van der Waals surface area contributed by atoms with Crippen LogP contribution in [0.3, 0.4) is 0 Å². The summed E-state index contributed by atoms with van der Waals surface area (Å²) in [4.78, 5) is 12.3. The molecule has 2 aromatic carbocycles. The molecular formula is C21H22N2O3. The summed E-state index contributed by atoms with van der Waals surface area (Å²) in [6.07, 6.45) is 2.57. The van der Waals surface area contributed by atoms with Crippen molar-refractivity contribution in [2.24, 2.45) is 0 Å². The number of amides is 1. The predicted molar refractivity (Wildman–Crippen MR) is 99.8 cm³/mol. The van der Waals surface area contributed by atoms with Gasteiger partial charge in [0, 0.05) is 17.5 Å². The third-order valence-corrected chi connectivity index (χ3v) is 4.31. The number of nitrogens with one attached hydrogen (secondary N) is 1. The van der Waals surface area contributed by atoms with Crippen molar-refractivity contribution in [3.05, 3.63) is 72.0 Å². The molecule has 3 aromatic rings. The van der Waals surface area contributed by atoms with Gasteiger partial charge in [0.2, 0.25) is 5.91 Å². The minimum Gasteiger partial charge on any atom is -0.497 e. The molecule has 134 valence electrons. The fourth-order valence-corrected chi connectivity index (χ4v) is 2.81. The second kappa shape index (κ2) is 8.34. The van der Waals surface area contributed by atoms with Crippen LogP contribution in [0.15, 0.2) is 65.4 Å². The third-order valence-electron chi connectivity index (χ3n) is 4.31. The molecule has 0 radical (unpaired) electrons. The average molecular weight is 350 g/mol. The Bertz CT molecular complexity index is 841. The Kier molecular flexibility index (Phi) is 5.69. The first-order valence-electron chi connectivity index (χ1n) is 8.59. The minimum atomic E-state index is -0.0653. The Balaban J connectivity index is 1.57. The highest BCUT2D eigenvalue weighted by Gasteiger charge is 2.14. The maximum absolute atomic E-state index is 12.3. The summed E-state index contributed by atoms with van der Waals surface area (Å²) in [5, 5.41) is 7.10. The first-order valence-corrected chi connectivity index (χ1v) is 8.59. The van der Waals surface area contributed by atoms with Crippen LogP contribution in [-0.2, 0) is 11.2 Å². The van der Waals surface area contributed by atoms with Crippen LogP contribution in [0.2, 0.25) is 0 Å². The normalized spacial score (nSPS) is 11.8. The lowest BCUT2D eigenvalue weighted by Crippen LogP contribution is -2.26. The molecule has 1 aromatic heterocycles. The first-order chi connectivity index (χ1) is 12.7. The van der Waals surface area contributed by atoms with Gasteiger partial charge in [0.05, 0.1) is 13.2 Å². The van der Waals surface area contributed by atoms with Gasteiger partial charge in [-0.25, -0.2) is 0 Å². The quantitative estimate of drug-likeness (QED) is 0.695. The fourth-order valence-electron chi connectivity index (χ4n) is 2.81. The Morgan fingerprint density at radius 3 is 2.58 bits per heavy atom. The number of rotatable bonds is 7. The molecule has 0 saturated carbocycles. The van der Waals surface area contributed by atoms with Gasteiger partial charge < -0.3 is 14.6 Å². The molecule has 3 rings (SSSR count). The van der Waals surface area contributed by atoms with Crippen molar-refractivity contribution in [2.75, 3.05) is 7.11 Å². The van der Waals surface area contributed by atoms with Crippen molar-refractivity contribution >= 4 is 5.91 Å². The van der Waals surface area contributed by atoms with E-state index in [1.165, 1.54) is 0 Å². The monoisotopic (exact) mass is 350 g/mol. The van der Waals surface area contributed by atoms with Gasteiger partial charge in [-0.2, -0.15) is 0 Å². The van der Waals surface area contributed by atoms with Gasteiger partial charge in [0.25, 0.3) is 0 Å². The summed E-state index contributed by atoms with van der Waals surface area (Å²) in [5.74, 6) is 0.793. The summed E-state index contributed by atoms with van der Waals surface area (Å²) < 4.78 is 10.3. The Labute approximate surface area is 153 Å². The number of carbonyl (C=O) groups is 1. The van der Waals surface area contributed by atoms with E-state index in [4.69, 9.17) is 9.26 Å². The van der Waals surface area contributed by atoms with Gasteiger partial charge in [-0.1, -0.05) is 47.6 Å². The van der Waals surface area contributed by atoms with Gasteiger partial charge in [-0.15, -0.1) is 0 Å². The zero-order chi connectivity index (χ0) is 18.4. The molecule has 0 bridgehead atoms. The summed E-state index contributed by atoms with van der Waals surface area (Å²) in [7, 11) is 1.63. The molecule has 0 aliphatic heterocycles. The van der Waals surface area contributed by atoms with Crippen molar-refractivity contribution in [3.8, 4) is 17.0 Å². The highest BCUT2D eigenvalue weighted by atomic mass is 16.5. The molecule has 1 amide bonds. The van der Waals surface area contributed by atoms with E-state index in [0.717, 1.165) is 28.1 Å². The molecule has 1 heterocycles. The van der Waals surface area contributed by atoms with Crippen LogP contribution in [0, 0.1) is 0 Å². The number of aryl methyl sites for hydroxylation is 1. The second-order valence-corrected chi connectivity index (χ2v) is 6.12. The van der Waals surface area contributed by atoms with Crippen molar-refractivity contribution in [3.63, 3.8) is 0 Å². The number of carbonyl (C=O) groups excluding carboxylic acids is 1. The lowest BCUT2D eigenvalue weighted by molar-refractivity contribution is -0.121. The van der Waals surface area contributed by atoms with E-state index >= 15 is 0 Å². The molecule has 1 atom stereocenters. The number of ether oxygens (including phenoxy) is 1. The van der Waals surface area contributed by atoms with Gasteiger partial charge in [-0.3, -0.25) is 4.79 Å². The molecule has 5 nitrogen and oxygen atoms in total. The molecule has 0 aliphatic carbocycles. The van der Waals surface area contributed by atoms with Gasteiger partial charge in [-0.05, 0) is 31.0 Å². The lowest BCUT2D eigenvalue weighted by atomic mass is 10.0. The van der Waals surface area contributed by atoms with Crippen LogP contribution in [-0.4, -0.2) is 18.2 Å². The number of aromatic nitrogens is 1. The van der Waals surface area contributed by atoms with E-state index in [2.05, 4.69) is 10.5 Å². The average Bonchev–Trinajstić information content (AvgIpc) is 3.16. The van der Waals surface area contributed by atoms with Gasteiger partial charge in [0.15, 0.2) is 0 Å². The lowest BCUT2D eigenvalue weighted by Gasteiger charge is -2.14. The highest BCUT2D eigenvalue weighted by Crippen LogP contribution is 2.23. The number of nitrogens with zero attached hydrogens (tertiary/aromatic N) is 1. The fraction of sp³-hybridized carbons (Fsp3) is 0.238. The predicted octanol–water partition coefficient (Wildman–Crippen LogP) is 4.16. The zero-order valence-corrected chi connectivity index (χ0v) is 14.9. The van der Waals surface area contributed by atoms with E-state index in [1.807, 2.05) is 61.5 Å². The van der Waals surface area contributed by atoms with Crippen molar-refractivity contribution in [2.45, 2.75) is 25.8 Å². The van der Waals surface area contributed by atoms with Crippen LogP contribution in [0.5, 0.6) is 5.75 Å². The summed E-state index contributed by atoms with van der Waals surface area (Å²) in [6, 6.07) is 17.5. The minimum absolute atomic E-state index is 0.00599. The van der Waals surface area contributed by atoms with Crippen LogP contribution >= 0.6 is 0 Å². The third kappa shape index (κ3) is 4.30. The highest BCUT2D eigenvalue weighted by molar-refractivity contribution is 5.77. The molecular weight excluding hydrogens is 328 g/mol. The SMILES string of the molecule is COc1ccc([C@H](C)NC(=O)CCc2conc2-c2ccccc2)cc1. The van der Waals surface area contributed by atoms with Gasteiger partial charge in [0.1, 0.15) is 17.7 Å². The Morgan fingerprint density at radius 2 is 1.88 bits per heavy atom. The molecule has 0 spiro atoms. The Morgan fingerprint density at radius 1 is 1.15 bits per heavy atom. The maximum atomic E-state index is 12.3. The van der Waals surface area contributed by atoms with Crippen LogP contribution < -0.4 is 10.1 Å². The number of benzene rings is 2. The van der Waals surface area contributed by atoms with Crippen LogP contribution in [0.4, 0.5) is 0 Å². The topological polar surface area (TPSA) is 64.4 Å². The summed E-state index contributed by atoms with van der Waals surface area (Å²) in [6.45, 7) is 1.97.